The number of ether oxygens (including phenoxy) is 1. The summed E-state index contributed by atoms with van der Waals surface area (Å²) in [6, 6.07) is 0.420. The lowest BCUT2D eigenvalue weighted by Crippen LogP contribution is -2.44. The first-order valence-corrected chi connectivity index (χ1v) is 7.24. The van der Waals surface area contributed by atoms with Crippen LogP contribution in [0.4, 0.5) is 0 Å². The lowest BCUT2D eigenvalue weighted by molar-refractivity contribution is 0.138. The van der Waals surface area contributed by atoms with Crippen molar-refractivity contribution in [1.29, 1.82) is 0 Å². The molecule has 0 aliphatic rings. The Labute approximate surface area is 136 Å². The van der Waals surface area contributed by atoms with Crippen LogP contribution in [0.2, 0.25) is 0 Å². The first-order chi connectivity index (χ1) is 8.61. The normalized spacial score (nSPS) is 13.1. The number of unbranched alkanes of at least 4 members (excludes halogenated alkanes) is 1. The molecular weight excluding hydrogens is 353 g/mol. The van der Waals surface area contributed by atoms with E-state index < -0.39 is 0 Å². The number of rotatable bonds is 9. The van der Waals surface area contributed by atoms with Gasteiger partial charge in [-0.3, -0.25) is 4.99 Å². The summed E-state index contributed by atoms with van der Waals surface area (Å²) in [5.41, 5.74) is 0. The van der Waals surface area contributed by atoms with Gasteiger partial charge in [0.05, 0.1) is 13.2 Å². The summed E-state index contributed by atoms with van der Waals surface area (Å²) in [6.45, 7) is 14.0. The van der Waals surface area contributed by atoms with Crippen LogP contribution in [0.3, 0.4) is 0 Å². The van der Waals surface area contributed by atoms with Crippen LogP contribution in [0.15, 0.2) is 4.99 Å². The summed E-state index contributed by atoms with van der Waals surface area (Å²) in [7, 11) is 0. The largest absolute Gasteiger partial charge is 0.380 e. The van der Waals surface area contributed by atoms with Gasteiger partial charge in [0.2, 0.25) is 0 Å². The highest BCUT2D eigenvalue weighted by Crippen LogP contribution is 1.99. The van der Waals surface area contributed by atoms with E-state index >= 15 is 0 Å². The number of hydrogen-bond donors (Lipinski definition) is 2. The molecule has 0 radical (unpaired) electrons. The van der Waals surface area contributed by atoms with Crippen LogP contribution >= 0.6 is 24.0 Å². The number of halogens is 1. The van der Waals surface area contributed by atoms with Gasteiger partial charge in [0.1, 0.15) is 0 Å². The molecule has 19 heavy (non-hydrogen) atoms. The van der Waals surface area contributed by atoms with E-state index in [-0.39, 0.29) is 24.0 Å². The van der Waals surface area contributed by atoms with Crippen LogP contribution in [-0.4, -0.2) is 38.3 Å². The Morgan fingerprint density at radius 1 is 1.16 bits per heavy atom. The van der Waals surface area contributed by atoms with Crippen LogP contribution in [-0.2, 0) is 4.74 Å². The standard InChI is InChI=1S/C14H31N3O.HI/c1-6-8-10-18-11-9-16-14(15-7-2)17-13(5)12(3)4;/h12-13H,6-11H2,1-5H3,(H2,15,16,17);1H. The number of nitrogens with zero attached hydrogens (tertiary/aromatic N) is 1. The quantitative estimate of drug-likeness (QED) is 0.278. The van der Waals surface area contributed by atoms with Crippen molar-refractivity contribution in [2.75, 3.05) is 26.3 Å². The van der Waals surface area contributed by atoms with Gasteiger partial charge in [0.25, 0.3) is 0 Å². The number of guanidine groups is 1. The highest BCUT2D eigenvalue weighted by atomic mass is 127. The van der Waals surface area contributed by atoms with Gasteiger partial charge >= 0.3 is 0 Å². The van der Waals surface area contributed by atoms with Gasteiger partial charge in [-0.15, -0.1) is 24.0 Å². The summed E-state index contributed by atoms with van der Waals surface area (Å²) in [4.78, 5) is 4.50. The van der Waals surface area contributed by atoms with E-state index in [9.17, 15) is 0 Å². The van der Waals surface area contributed by atoms with Gasteiger partial charge in [-0.1, -0.05) is 27.2 Å². The van der Waals surface area contributed by atoms with Gasteiger partial charge in [0, 0.05) is 19.2 Å². The summed E-state index contributed by atoms with van der Waals surface area (Å²) in [6.07, 6.45) is 2.31. The second kappa shape index (κ2) is 14.4. The van der Waals surface area contributed by atoms with E-state index in [1.807, 2.05) is 0 Å². The summed E-state index contributed by atoms with van der Waals surface area (Å²) in [5.74, 6) is 1.48. The lowest BCUT2D eigenvalue weighted by atomic mass is 10.1. The molecule has 4 nitrogen and oxygen atoms in total. The van der Waals surface area contributed by atoms with Crippen molar-refractivity contribution in [2.45, 2.75) is 53.5 Å². The van der Waals surface area contributed by atoms with E-state index in [4.69, 9.17) is 4.74 Å². The predicted molar refractivity (Wildman–Crippen MR) is 94.6 cm³/mol. The Bertz CT molecular complexity index is 223. The molecule has 0 spiro atoms. The van der Waals surface area contributed by atoms with E-state index in [2.05, 4.69) is 50.2 Å². The molecule has 0 rings (SSSR count). The van der Waals surface area contributed by atoms with Crippen molar-refractivity contribution in [3.63, 3.8) is 0 Å². The molecule has 0 aromatic heterocycles. The fourth-order valence-corrected chi connectivity index (χ4v) is 1.27. The topological polar surface area (TPSA) is 45.6 Å². The second-order valence-electron chi connectivity index (χ2n) is 4.90. The maximum absolute atomic E-state index is 5.49. The maximum atomic E-state index is 5.49. The average Bonchev–Trinajstić information content (AvgIpc) is 2.33. The molecular formula is C14H32IN3O. The van der Waals surface area contributed by atoms with Crippen molar-refractivity contribution in [2.24, 2.45) is 10.9 Å². The molecule has 0 aromatic carbocycles. The van der Waals surface area contributed by atoms with Crippen molar-refractivity contribution < 1.29 is 4.74 Å². The zero-order valence-corrected chi connectivity index (χ0v) is 15.5. The third-order valence-corrected chi connectivity index (χ3v) is 2.86. The van der Waals surface area contributed by atoms with Gasteiger partial charge in [0.15, 0.2) is 5.96 Å². The van der Waals surface area contributed by atoms with Crippen LogP contribution < -0.4 is 10.6 Å². The van der Waals surface area contributed by atoms with Gasteiger partial charge in [-0.2, -0.15) is 0 Å². The van der Waals surface area contributed by atoms with Gasteiger partial charge < -0.3 is 15.4 Å². The van der Waals surface area contributed by atoms with Gasteiger partial charge in [-0.05, 0) is 26.2 Å². The van der Waals surface area contributed by atoms with Crippen molar-refractivity contribution in [1.82, 2.24) is 10.6 Å². The minimum absolute atomic E-state index is 0. The number of hydrogen-bond acceptors (Lipinski definition) is 2. The summed E-state index contributed by atoms with van der Waals surface area (Å²) >= 11 is 0. The monoisotopic (exact) mass is 385 g/mol. The van der Waals surface area contributed by atoms with Crippen molar-refractivity contribution in [3.05, 3.63) is 0 Å². The van der Waals surface area contributed by atoms with Crippen LogP contribution in [0, 0.1) is 5.92 Å². The Morgan fingerprint density at radius 3 is 2.37 bits per heavy atom. The molecule has 0 saturated heterocycles. The second-order valence-corrected chi connectivity index (χ2v) is 4.90. The molecule has 0 aliphatic heterocycles. The fraction of sp³-hybridized carbons (Fsp3) is 0.929. The van der Waals surface area contributed by atoms with Crippen molar-refractivity contribution in [3.8, 4) is 0 Å². The molecule has 0 aliphatic carbocycles. The zero-order valence-electron chi connectivity index (χ0n) is 13.2. The molecule has 0 aromatic rings. The predicted octanol–water partition coefficient (Wildman–Crippen LogP) is 3.02. The van der Waals surface area contributed by atoms with Crippen LogP contribution in [0.1, 0.15) is 47.5 Å². The summed E-state index contributed by atoms with van der Waals surface area (Å²) < 4.78 is 5.49. The molecule has 0 fully saturated rings. The van der Waals surface area contributed by atoms with Crippen LogP contribution in [0.25, 0.3) is 0 Å². The molecule has 0 amide bonds. The molecule has 116 valence electrons. The van der Waals surface area contributed by atoms with Crippen molar-refractivity contribution >= 4 is 29.9 Å². The third kappa shape index (κ3) is 12.7. The fourth-order valence-electron chi connectivity index (χ4n) is 1.27. The molecule has 2 N–H and O–H groups in total. The first-order valence-electron chi connectivity index (χ1n) is 7.24. The van der Waals surface area contributed by atoms with Crippen LogP contribution in [0.5, 0.6) is 0 Å². The molecule has 5 heteroatoms. The molecule has 1 unspecified atom stereocenters. The SMILES string of the molecule is CCCCOCCN=C(NCC)NC(C)C(C)C.I. The Balaban J connectivity index is 0. The minimum atomic E-state index is 0. The van der Waals surface area contributed by atoms with E-state index in [0.29, 0.717) is 25.1 Å². The van der Waals surface area contributed by atoms with E-state index in [1.165, 1.54) is 6.42 Å². The minimum Gasteiger partial charge on any atom is -0.380 e. The summed E-state index contributed by atoms with van der Waals surface area (Å²) in [5, 5.41) is 6.66. The van der Waals surface area contributed by atoms with E-state index in [0.717, 1.165) is 25.5 Å². The maximum Gasteiger partial charge on any atom is 0.191 e. The highest BCUT2D eigenvalue weighted by Gasteiger charge is 2.08. The van der Waals surface area contributed by atoms with Gasteiger partial charge in [-0.25, -0.2) is 0 Å². The highest BCUT2D eigenvalue weighted by molar-refractivity contribution is 14.0. The molecule has 1 atom stereocenters. The number of aliphatic imine (C=N–C) groups is 1. The lowest BCUT2D eigenvalue weighted by Gasteiger charge is -2.20. The molecule has 0 heterocycles. The van der Waals surface area contributed by atoms with E-state index in [1.54, 1.807) is 0 Å². The Morgan fingerprint density at radius 2 is 1.84 bits per heavy atom. The number of nitrogens with one attached hydrogen (secondary N) is 2. The first kappa shape index (κ1) is 21.3. The third-order valence-electron chi connectivity index (χ3n) is 2.86. The smallest absolute Gasteiger partial charge is 0.191 e. The Hall–Kier alpha value is -0.0400. The average molecular weight is 385 g/mol. The Kier molecular flexibility index (Phi) is 16.1. The zero-order chi connectivity index (χ0) is 13.8. The molecule has 0 saturated carbocycles. The molecule has 0 bridgehead atoms.